The maximum atomic E-state index is 13.6. The lowest BCUT2D eigenvalue weighted by atomic mass is 9.99. The zero-order valence-corrected chi connectivity index (χ0v) is 23.2. The third-order valence-corrected chi connectivity index (χ3v) is 6.79. The van der Waals surface area contributed by atoms with Crippen molar-refractivity contribution < 1.29 is 4.79 Å². The van der Waals surface area contributed by atoms with Crippen LogP contribution in [0.4, 0.5) is 16.4 Å². The maximum absolute atomic E-state index is 13.6. The second-order valence-corrected chi connectivity index (χ2v) is 10.1. The van der Waals surface area contributed by atoms with Crippen LogP contribution in [0, 0.1) is 6.92 Å². The van der Waals surface area contributed by atoms with Crippen LogP contribution in [-0.2, 0) is 6.54 Å². The molecule has 12 nitrogen and oxygen atoms in total. The largest absolute Gasteiger partial charge is 0.368 e. The van der Waals surface area contributed by atoms with Crippen molar-refractivity contribution >= 4 is 28.7 Å². The molecular formula is C30H28N10O2. The highest BCUT2D eigenvalue weighted by Crippen LogP contribution is 2.26. The molecule has 0 unspecified atom stereocenters. The molecule has 3 aromatic carbocycles. The van der Waals surface area contributed by atoms with E-state index in [2.05, 4.69) is 47.6 Å². The van der Waals surface area contributed by atoms with Crippen molar-refractivity contribution in [1.29, 1.82) is 0 Å². The number of hydrogen-bond acceptors (Lipinski definition) is 8. The number of anilines is 2. The molecule has 210 valence electrons. The molecule has 0 saturated carbocycles. The van der Waals surface area contributed by atoms with Gasteiger partial charge in [-0.3, -0.25) is 4.79 Å². The molecule has 0 aliphatic heterocycles. The zero-order chi connectivity index (χ0) is 29.4. The number of carbonyl (C=O) groups excluding carboxylic acids is 1. The van der Waals surface area contributed by atoms with Crippen LogP contribution >= 0.6 is 0 Å². The lowest BCUT2D eigenvalue weighted by molar-refractivity contribution is 0.252. The Kier molecular flexibility index (Phi) is 6.80. The van der Waals surface area contributed by atoms with Crippen LogP contribution in [0.1, 0.15) is 11.3 Å². The fraction of sp³-hybridized carbons (Fsp3) is 0.133. The predicted octanol–water partition coefficient (Wildman–Crippen LogP) is 4.07. The van der Waals surface area contributed by atoms with Gasteiger partial charge in [0.05, 0.1) is 11.4 Å². The van der Waals surface area contributed by atoms with E-state index >= 15 is 0 Å². The minimum Gasteiger partial charge on any atom is -0.368 e. The number of aromatic amines is 1. The van der Waals surface area contributed by atoms with Gasteiger partial charge in [0.15, 0.2) is 11.3 Å². The quantitative estimate of drug-likeness (QED) is 0.276. The number of nitrogen functional groups attached to an aromatic ring is 1. The van der Waals surface area contributed by atoms with E-state index in [0.29, 0.717) is 34.0 Å². The molecule has 1 amide bonds. The first kappa shape index (κ1) is 26.6. The van der Waals surface area contributed by atoms with Gasteiger partial charge in [0.1, 0.15) is 11.8 Å². The first-order valence-electron chi connectivity index (χ1n) is 13.2. The number of nitrogens with two attached hydrogens (primary N) is 1. The maximum Gasteiger partial charge on any atom is 0.334 e. The van der Waals surface area contributed by atoms with E-state index in [1.165, 1.54) is 16.6 Å². The number of benzene rings is 3. The van der Waals surface area contributed by atoms with Crippen LogP contribution in [0.5, 0.6) is 0 Å². The van der Waals surface area contributed by atoms with Crippen LogP contribution in [-0.4, -0.2) is 59.5 Å². The minimum atomic E-state index is -0.633. The van der Waals surface area contributed by atoms with Gasteiger partial charge in [0.2, 0.25) is 5.95 Å². The van der Waals surface area contributed by atoms with Crippen molar-refractivity contribution in [3.05, 3.63) is 101 Å². The predicted molar refractivity (Wildman–Crippen MR) is 161 cm³/mol. The van der Waals surface area contributed by atoms with Gasteiger partial charge in [0.25, 0.3) is 5.56 Å². The van der Waals surface area contributed by atoms with Gasteiger partial charge in [-0.25, -0.2) is 19.0 Å². The summed E-state index contributed by atoms with van der Waals surface area (Å²) < 4.78 is 2.42. The molecule has 6 rings (SSSR count). The Morgan fingerprint density at radius 2 is 1.79 bits per heavy atom. The highest BCUT2D eigenvalue weighted by Gasteiger charge is 2.19. The average Bonchev–Trinajstić information content (AvgIpc) is 3.57. The molecular weight excluding hydrogens is 532 g/mol. The molecule has 0 radical (unpaired) electrons. The third-order valence-electron chi connectivity index (χ3n) is 6.79. The zero-order valence-electron chi connectivity index (χ0n) is 23.2. The second kappa shape index (κ2) is 10.7. The summed E-state index contributed by atoms with van der Waals surface area (Å²) in [7, 11) is 4.06. The van der Waals surface area contributed by atoms with Crippen molar-refractivity contribution in [3.63, 3.8) is 0 Å². The molecule has 3 aromatic heterocycles. The van der Waals surface area contributed by atoms with Crippen molar-refractivity contribution in [2.45, 2.75) is 13.5 Å². The standard InChI is InChI=1S/C30H28N10O2/c1-18-25-26(40(37-18)23-9-6-8-20(15-23)27-34-29(31)36-35-27)28(41)39(17-32-25)30(42)33-22-13-11-19(12-14-22)24-10-5-4-7-21(24)16-38(2)3/h4-15,17H,16H2,1-3H3,(H,33,42)(H3,31,34,35,36). The SMILES string of the molecule is Cc1nn(-c2cccc(-c3nnc(N)[nH]3)c2)c2c(=O)n(C(=O)Nc3ccc(-c4ccccc4CN(C)C)cc3)cnc12. The number of rotatable bonds is 6. The van der Waals surface area contributed by atoms with E-state index in [1.54, 1.807) is 25.1 Å². The van der Waals surface area contributed by atoms with Crippen LogP contribution < -0.4 is 16.6 Å². The smallest absolute Gasteiger partial charge is 0.334 e. The Labute approximate surface area is 240 Å². The van der Waals surface area contributed by atoms with Crippen LogP contribution in [0.2, 0.25) is 0 Å². The summed E-state index contributed by atoms with van der Waals surface area (Å²) in [6, 6.07) is 22.3. The summed E-state index contributed by atoms with van der Waals surface area (Å²) in [6.07, 6.45) is 1.22. The number of amides is 1. The highest BCUT2D eigenvalue weighted by atomic mass is 16.2. The molecule has 6 aromatic rings. The monoisotopic (exact) mass is 560 g/mol. The Morgan fingerprint density at radius 3 is 2.52 bits per heavy atom. The van der Waals surface area contributed by atoms with E-state index in [4.69, 9.17) is 5.73 Å². The number of carbonyl (C=O) groups is 1. The number of nitrogens with one attached hydrogen (secondary N) is 2. The summed E-state index contributed by atoms with van der Waals surface area (Å²) in [5.74, 6) is 0.669. The molecule has 0 spiro atoms. The molecule has 12 heteroatoms. The van der Waals surface area contributed by atoms with Crippen LogP contribution in [0.15, 0.2) is 83.9 Å². The van der Waals surface area contributed by atoms with Gasteiger partial charge in [-0.2, -0.15) is 5.10 Å². The summed E-state index contributed by atoms with van der Waals surface area (Å²) in [4.78, 5) is 36.3. The van der Waals surface area contributed by atoms with Crippen molar-refractivity contribution in [3.8, 4) is 28.2 Å². The number of hydrogen-bond donors (Lipinski definition) is 3. The molecule has 4 N–H and O–H groups in total. The van der Waals surface area contributed by atoms with Gasteiger partial charge in [-0.1, -0.05) is 48.5 Å². The summed E-state index contributed by atoms with van der Waals surface area (Å²) in [6.45, 7) is 2.57. The lowest BCUT2D eigenvalue weighted by Gasteiger charge is -2.15. The molecule has 0 atom stereocenters. The van der Waals surface area contributed by atoms with Crippen LogP contribution in [0.3, 0.4) is 0 Å². The molecule has 0 aliphatic rings. The van der Waals surface area contributed by atoms with Crippen LogP contribution in [0.25, 0.3) is 39.2 Å². The second-order valence-electron chi connectivity index (χ2n) is 10.1. The van der Waals surface area contributed by atoms with E-state index < -0.39 is 11.6 Å². The molecule has 0 aliphatic carbocycles. The van der Waals surface area contributed by atoms with Gasteiger partial charge in [0, 0.05) is 17.8 Å². The van der Waals surface area contributed by atoms with E-state index in [1.807, 2.05) is 56.6 Å². The van der Waals surface area contributed by atoms with Crippen molar-refractivity contribution in [1.82, 2.24) is 39.4 Å². The Hall–Kier alpha value is -5.62. The van der Waals surface area contributed by atoms with Gasteiger partial charge >= 0.3 is 6.03 Å². The number of aryl methyl sites for hydroxylation is 1. The summed E-state index contributed by atoms with van der Waals surface area (Å²) in [5.41, 5.74) is 11.4. The Bertz CT molecular complexity index is 1990. The number of nitrogens with zero attached hydrogens (tertiary/aromatic N) is 7. The Morgan fingerprint density at radius 1 is 1.00 bits per heavy atom. The normalized spacial score (nSPS) is 11.3. The van der Waals surface area contributed by atoms with Gasteiger partial charge < -0.3 is 20.9 Å². The molecule has 3 heterocycles. The molecule has 42 heavy (non-hydrogen) atoms. The van der Waals surface area contributed by atoms with Gasteiger partial charge in [-0.05, 0) is 62.0 Å². The molecule has 0 bridgehead atoms. The van der Waals surface area contributed by atoms with E-state index in [-0.39, 0.29) is 11.5 Å². The fourth-order valence-electron chi connectivity index (χ4n) is 4.87. The lowest BCUT2D eigenvalue weighted by Crippen LogP contribution is -2.32. The Balaban J connectivity index is 1.30. The number of fused-ring (bicyclic) bond motifs is 1. The molecule has 0 fully saturated rings. The van der Waals surface area contributed by atoms with E-state index in [9.17, 15) is 9.59 Å². The first-order valence-corrected chi connectivity index (χ1v) is 13.2. The van der Waals surface area contributed by atoms with E-state index in [0.717, 1.165) is 22.2 Å². The third kappa shape index (κ3) is 5.02. The summed E-state index contributed by atoms with van der Waals surface area (Å²) in [5, 5.41) is 15.2. The first-order chi connectivity index (χ1) is 20.3. The fourth-order valence-corrected chi connectivity index (χ4v) is 4.87. The average molecular weight is 561 g/mol. The minimum absolute atomic E-state index is 0.173. The highest BCUT2D eigenvalue weighted by molar-refractivity contribution is 5.92. The van der Waals surface area contributed by atoms with Crippen molar-refractivity contribution in [2.24, 2.45) is 0 Å². The number of aromatic nitrogens is 7. The number of H-pyrrole nitrogens is 1. The summed E-state index contributed by atoms with van der Waals surface area (Å²) >= 11 is 0. The van der Waals surface area contributed by atoms with Crippen molar-refractivity contribution in [2.75, 3.05) is 25.1 Å². The topological polar surface area (TPSA) is 153 Å². The molecule has 0 saturated heterocycles. The van der Waals surface area contributed by atoms with Gasteiger partial charge in [-0.15, -0.1) is 10.2 Å².